The highest BCUT2D eigenvalue weighted by Gasteiger charge is 2.55. The highest BCUT2D eigenvalue weighted by molar-refractivity contribution is 6.01. The van der Waals surface area contributed by atoms with E-state index in [9.17, 15) is 9.59 Å². The van der Waals surface area contributed by atoms with E-state index in [1.807, 2.05) is 0 Å². The number of primary amides is 1. The molecular formula is C18H19N3O4. The fourth-order valence-corrected chi connectivity index (χ4v) is 3.47. The Labute approximate surface area is 144 Å². The Morgan fingerprint density at radius 1 is 1.44 bits per heavy atom. The van der Waals surface area contributed by atoms with E-state index in [0.717, 1.165) is 30.0 Å². The Kier molecular flexibility index (Phi) is 3.52. The molecule has 1 spiro atoms. The summed E-state index contributed by atoms with van der Waals surface area (Å²) in [5.41, 5.74) is 5.57. The average Bonchev–Trinajstić information content (AvgIpc) is 3.31. The van der Waals surface area contributed by atoms with Crippen molar-refractivity contribution in [3.05, 3.63) is 30.0 Å². The third-order valence-corrected chi connectivity index (χ3v) is 5.04. The molecule has 1 saturated carbocycles. The number of hydrogen-bond acceptors (Lipinski definition) is 5. The first kappa shape index (κ1) is 15.7. The smallest absolute Gasteiger partial charge is 0.252 e. The predicted octanol–water partition coefficient (Wildman–Crippen LogP) is 1.39. The lowest BCUT2D eigenvalue weighted by Gasteiger charge is -2.14. The first-order valence-electron chi connectivity index (χ1n) is 8.23. The van der Waals surface area contributed by atoms with E-state index >= 15 is 0 Å². The number of carbonyl (C=O) groups is 2. The van der Waals surface area contributed by atoms with Gasteiger partial charge in [-0.1, -0.05) is 0 Å². The van der Waals surface area contributed by atoms with Crippen molar-refractivity contribution in [2.45, 2.75) is 25.3 Å². The molecule has 1 aliphatic heterocycles. The molecule has 1 aromatic carbocycles. The molecule has 25 heavy (non-hydrogen) atoms. The SMILES string of the molecule is COc1cc2c(OCC3CC4(CC4)C(=O)N3)nccc2cc1C(N)=O. The second-order valence-corrected chi connectivity index (χ2v) is 6.72. The lowest BCUT2D eigenvalue weighted by Crippen LogP contribution is -2.31. The van der Waals surface area contributed by atoms with E-state index in [2.05, 4.69) is 10.3 Å². The summed E-state index contributed by atoms with van der Waals surface area (Å²) in [6, 6.07) is 5.15. The van der Waals surface area contributed by atoms with Crippen LogP contribution in [0.4, 0.5) is 0 Å². The molecule has 0 radical (unpaired) electrons. The standard InChI is InChI=1S/C18H19N3O4/c1-24-14-7-12-10(6-13(14)15(19)22)2-5-20-16(12)25-9-11-8-18(3-4-18)17(23)21-11/h2,5-7,11H,3-4,8-9H2,1H3,(H2,19,22)(H,21,23). The first-order chi connectivity index (χ1) is 12.0. The number of carbonyl (C=O) groups excluding carboxylic acids is 2. The maximum absolute atomic E-state index is 11.9. The van der Waals surface area contributed by atoms with Crippen molar-refractivity contribution < 1.29 is 19.1 Å². The van der Waals surface area contributed by atoms with Crippen molar-refractivity contribution in [1.29, 1.82) is 0 Å². The Morgan fingerprint density at radius 2 is 2.24 bits per heavy atom. The number of ether oxygens (including phenoxy) is 2. The van der Waals surface area contributed by atoms with Crippen LogP contribution in [0.2, 0.25) is 0 Å². The zero-order chi connectivity index (χ0) is 17.6. The molecular weight excluding hydrogens is 322 g/mol. The highest BCUT2D eigenvalue weighted by atomic mass is 16.5. The quantitative estimate of drug-likeness (QED) is 0.855. The van der Waals surface area contributed by atoms with Crippen LogP contribution in [0.15, 0.2) is 24.4 Å². The van der Waals surface area contributed by atoms with Gasteiger partial charge in [0.15, 0.2) is 0 Å². The molecule has 4 rings (SSSR count). The Bertz CT molecular complexity index is 876. The summed E-state index contributed by atoms with van der Waals surface area (Å²) in [5.74, 6) is 0.406. The van der Waals surface area contributed by atoms with Gasteiger partial charge in [-0.25, -0.2) is 4.98 Å². The van der Waals surface area contributed by atoms with Gasteiger partial charge in [0.25, 0.3) is 5.91 Å². The van der Waals surface area contributed by atoms with E-state index in [4.69, 9.17) is 15.2 Å². The van der Waals surface area contributed by atoms with Crippen molar-refractivity contribution in [2.24, 2.45) is 11.1 Å². The number of rotatable bonds is 5. The number of amides is 2. The third kappa shape index (κ3) is 2.65. The predicted molar refractivity (Wildman–Crippen MR) is 90.5 cm³/mol. The number of methoxy groups -OCH3 is 1. The Hall–Kier alpha value is -2.83. The molecule has 7 nitrogen and oxygen atoms in total. The van der Waals surface area contributed by atoms with Gasteiger partial charge in [0, 0.05) is 11.6 Å². The van der Waals surface area contributed by atoms with E-state index in [-0.39, 0.29) is 17.4 Å². The number of nitrogens with one attached hydrogen (secondary N) is 1. The van der Waals surface area contributed by atoms with Gasteiger partial charge in [-0.05, 0) is 42.8 Å². The maximum Gasteiger partial charge on any atom is 0.252 e. The molecule has 1 aliphatic carbocycles. The van der Waals surface area contributed by atoms with Crippen LogP contribution in [-0.4, -0.2) is 36.6 Å². The second kappa shape index (κ2) is 5.61. The van der Waals surface area contributed by atoms with E-state index in [1.165, 1.54) is 7.11 Å². The molecule has 0 bridgehead atoms. The number of benzene rings is 1. The van der Waals surface area contributed by atoms with Crippen LogP contribution in [0.25, 0.3) is 10.8 Å². The third-order valence-electron chi connectivity index (χ3n) is 5.04. The number of fused-ring (bicyclic) bond motifs is 1. The number of aromatic nitrogens is 1. The summed E-state index contributed by atoms with van der Waals surface area (Å²) in [6.07, 6.45) is 4.36. The normalized spacial score (nSPS) is 20.5. The minimum Gasteiger partial charge on any atom is -0.496 e. The molecule has 2 amide bonds. The summed E-state index contributed by atoms with van der Waals surface area (Å²) in [5, 5.41) is 4.51. The van der Waals surface area contributed by atoms with Crippen LogP contribution in [0.1, 0.15) is 29.6 Å². The summed E-state index contributed by atoms with van der Waals surface area (Å²) in [6.45, 7) is 0.361. The molecule has 2 heterocycles. The van der Waals surface area contributed by atoms with Crippen molar-refractivity contribution in [2.75, 3.05) is 13.7 Å². The Morgan fingerprint density at radius 3 is 2.88 bits per heavy atom. The van der Waals surface area contributed by atoms with E-state index in [1.54, 1.807) is 24.4 Å². The molecule has 1 unspecified atom stereocenters. The molecule has 1 aromatic heterocycles. The van der Waals surface area contributed by atoms with Crippen LogP contribution in [0.3, 0.4) is 0 Å². The minimum absolute atomic E-state index is 0.00107. The van der Waals surface area contributed by atoms with Gasteiger partial charge in [0.2, 0.25) is 11.8 Å². The zero-order valence-electron chi connectivity index (χ0n) is 13.9. The molecule has 2 aliphatic rings. The highest BCUT2D eigenvalue weighted by Crippen LogP contribution is 2.52. The molecule has 1 saturated heterocycles. The van der Waals surface area contributed by atoms with Crippen LogP contribution < -0.4 is 20.5 Å². The van der Waals surface area contributed by atoms with Crippen molar-refractivity contribution in [3.8, 4) is 11.6 Å². The van der Waals surface area contributed by atoms with Gasteiger partial charge in [-0.2, -0.15) is 0 Å². The number of nitrogens with two attached hydrogens (primary N) is 1. The monoisotopic (exact) mass is 341 g/mol. The lowest BCUT2D eigenvalue weighted by molar-refractivity contribution is -0.123. The zero-order valence-corrected chi connectivity index (χ0v) is 13.9. The maximum atomic E-state index is 11.9. The number of hydrogen-bond donors (Lipinski definition) is 2. The summed E-state index contributed by atoms with van der Waals surface area (Å²) in [4.78, 5) is 27.8. The van der Waals surface area contributed by atoms with Crippen LogP contribution >= 0.6 is 0 Å². The summed E-state index contributed by atoms with van der Waals surface area (Å²) in [7, 11) is 1.48. The topological polar surface area (TPSA) is 104 Å². The van der Waals surface area contributed by atoms with E-state index < -0.39 is 5.91 Å². The van der Waals surface area contributed by atoms with Crippen LogP contribution in [-0.2, 0) is 4.79 Å². The molecule has 1 atom stereocenters. The van der Waals surface area contributed by atoms with Gasteiger partial charge >= 0.3 is 0 Å². The molecule has 3 N–H and O–H groups in total. The average molecular weight is 341 g/mol. The van der Waals surface area contributed by atoms with E-state index in [0.29, 0.717) is 23.8 Å². The lowest BCUT2D eigenvalue weighted by atomic mass is 10.0. The second-order valence-electron chi connectivity index (χ2n) is 6.72. The summed E-state index contributed by atoms with van der Waals surface area (Å²) < 4.78 is 11.1. The largest absolute Gasteiger partial charge is 0.496 e. The fourth-order valence-electron chi connectivity index (χ4n) is 3.47. The molecule has 7 heteroatoms. The Balaban J connectivity index is 1.59. The number of pyridine rings is 1. The van der Waals surface area contributed by atoms with Gasteiger partial charge in [-0.15, -0.1) is 0 Å². The van der Waals surface area contributed by atoms with Gasteiger partial charge in [0.05, 0.1) is 24.1 Å². The summed E-state index contributed by atoms with van der Waals surface area (Å²) >= 11 is 0. The number of nitrogens with zero attached hydrogens (tertiary/aromatic N) is 1. The minimum atomic E-state index is -0.554. The van der Waals surface area contributed by atoms with Crippen molar-refractivity contribution in [3.63, 3.8) is 0 Å². The van der Waals surface area contributed by atoms with Gasteiger partial charge < -0.3 is 20.5 Å². The van der Waals surface area contributed by atoms with Gasteiger partial charge in [0.1, 0.15) is 12.4 Å². The van der Waals surface area contributed by atoms with Crippen molar-refractivity contribution >= 4 is 22.6 Å². The molecule has 2 fully saturated rings. The first-order valence-corrected chi connectivity index (χ1v) is 8.23. The fraction of sp³-hybridized carbons (Fsp3) is 0.389. The van der Waals surface area contributed by atoms with Crippen molar-refractivity contribution in [1.82, 2.24) is 10.3 Å². The van der Waals surface area contributed by atoms with Crippen LogP contribution in [0.5, 0.6) is 11.6 Å². The van der Waals surface area contributed by atoms with Gasteiger partial charge in [-0.3, -0.25) is 9.59 Å². The molecule has 2 aromatic rings. The van der Waals surface area contributed by atoms with Crippen LogP contribution in [0, 0.1) is 5.41 Å². The molecule has 130 valence electrons.